The molecule has 0 heterocycles. The lowest BCUT2D eigenvalue weighted by Gasteiger charge is -2.06. The average Bonchev–Trinajstić information content (AvgIpc) is 2.21. The van der Waals surface area contributed by atoms with E-state index in [1.54, 1.807) is 28.7 Å². The molecule has 6 nitrogen and oxygen atoms in total. The summed E-state index contributed by atoms with van der Waals surface area (Å²) in [6, 6.07) is 3.68. The monoisotopic (exact) mass is 347 g/mol. The summed E-state index contributed by atoms with van der Waals surface area (Å²) in [5.74, 6) is -1.44. The van der Waals surface area contributed by atoms with Crippen molar-refractivity contribution in [1.29, 1.82) is 10.7 Å². The van der Waals surface area contributed by atoms with Gasteiger partial charge in [-0.05, 0) is 28.7 Å². The van der Waals surface area contributed by atoms with Gasteiger partial charge in [-0.15, -0.1) is 0 Å². The molecule has 0 bridgehead atoms. The lowest BCUT2D eigenvalue weighted by molar-refractivity contribution is 0.470. The number of benzene rings is 1. The molecule has 0 aromatic heterocycles. The summed E-state index contributed by atoms with van der Waals surface area (Å²) in [7, 11) is 0. The van der Waals surface area contributed by atoms with E-state index in [1.165, 1.54) is 6.07 Å². The van der Waals surface area contributed by atoms with E-state index in [9.17, 15) is 9.50 Å². The number of aromatic hydroxyl groups is 1. The fourth-order valence-electron chi connectivity index (χ4n) is 0.928. The lowest BCUT2D eigenvalue weighted by atomic mass is 10.3. The van der Waals surface area contributed by atoms with Crippen LogP contribution in [0.1, 0.15) is 0 Å². The van der Waals surface area contributed by atoms with Crippen molar-refractivity contribution in [2.45, 2.75) is 0 Å². The first-order chi connectivity index (χ1) is 7.95. The van der Waals surface area contributed by atoms with Crippen LogP contribution in [0, 0.1) is 26.1 Å². The average molecular weight is 347 g/mol. The first-order valence-corrected chi connectivity index (χ1v) is 5.29. The molecule has 0 amide bonds. The van der Waals surface area contributed by atoms with Gasteiger partial charge in [0.2, 0.25) is 5.71 Å². The van der Waals surface area contributed by atoms with Crippen molar-refractivity contribution in [1.82, 2.24) is 0 Å². The van der Waals surface area contributed by atoms with Gasteiger partial charge in [-0.3, -0.25) is 10.8 Å². The molecule has 0 radical (unpaired) electrons. The number of hydrazone groups is 1. The SMILES string of the molecule is N#C/C(=N\Nc1c(O)cc(F)cc1I)C(=N)N. The number of halogens is 2. The predicted octanol–water partition coefficient (Wildman–Crippen LogP) is 1.36. The second-order valence-corrected chi connectivity index (χ2v) is 4.04. The highest BCUT2D eigenvalue weighted by Gasteiger charge is 2.09. The Bertz CT molecular complexity index is 514. The molecule has 0 atom stereocenters. The maximum absolute atomic E-state index is 12.9. The minimum atomic E-state index is -0.589. The van der Waals surface area contributed by atoms with Crippen LogP contribution in [0.25, 0.3) is 0 Å². The standard InChI is InChI=1S/C9H7FIN5O/c10-4-1-5(11)8(7(17)2-4)16-15-6(3-12)9(13)14/h1-2,16-17H,(H3,13,14)/b15-6+. The minimum absolute atomic E-state index is 0.140. The van der Waals surface area contributed by atoms with Gasteiger partial charge in [-0.2, -0.15) is 10.4 Å². The highest BCUT2D eigenvalue weighted by atomic mass is 127. The number of nitrogens with two attached hydrogens (primary N) is 1. The van der Waals surface area contributed by atoms with Crippen LogP contribution in [0.15, 0.2) is 17.2 Å². The number of nitrogens with one attached hydrogen (secondary N) is 2. The molecule has 0 spiro atoms. The van der Waals surface area contributed by atoms with E-state index in [1.807, 2.05) is 0 Å². The molecule has 1 aromatic carbocycles. The smallest absolute Gasteiger partial charge is 0.201 e. The zero-order chi connectivity index (χ0) is 13.0. The Morgan fingerprint density at radius 1 is 1.65 bits per heavy atom. The van der Waals surface area contributed by atoms with Crippen LogP contribution in [-0.2, 0) is 0 Å². The maximum Gasteiger partial charge on any atom is 0.201 e. The van der Waals surface area contributed by atoms with Gasteiger partial charge >= 0.3 is 0 Å². The normalized spacial score (nSPS) is 10.8. The summed E-state index contributed by atoms with van der Waals surface area (Å²) >= 11 is 1.79. The van der Waals surface area contributed by atoms with Gasteiger partial charge in [0, 0.05) is 9.64 Å². The molecule has 88 valence electrons. The van der Waals surface area contributed by atoms with E-state index >= 15 is 0 Å². The Kier molecular flexibility index (Phi) is 4.22. The van der Waals surface area contributed by atoms with Gasteiger partial charge < -0.3 is 10.8 Å². The molecule has 0 unspecified atom stereocenters. The largest absolute Gasteiger partial charge is 0.506 e. The molecule has 5 N–H and O–H groups in total. The fraction of sp³-hybridized carbons (Fsp3) is 0. The van der Waals surface area contributed by atoms with Crippen molar-refractivity contribution in [3.63, 3.8) is 0 Å². The highest BCUT2D eigenvalue weighted by Crippen LogP contribution is 2.29. The minimum Gasteiger partial charge on any atom is -0.506 e. The maximum atomic E-state index is 12.9. The number of hydrogen-bond donors (Lipinski definition) is 4. The van der Waals surface area contributed by atoms with Crippen molar-refractivity contribution >= 4 is 39.8 Å². The van der Waals surface area contributed by atoms with Crippen molar-refractivity contribution in [3.8, 4) is 11.8 Å². The zero-order valence-corrected chi connectivity index (χ0v) is 10.5. The predicted molar refractivity (Wildman–Crippen MR) is 69.4 cm³/mol. The third kappa shape index (κ3) is 3.28. The van der Waals surface area contributed by atoms with Crippen LogP contribution in [-0.4, -0.2) is 16.7 Å². The van der Waals surface area contributed by atoms with Crippen LogP contribution in [0.4, 0.5) is 10.1 Å². The van der Waals surface area contributed by atoms with Gasteiger partial charge in [0.1, 0.15) is 23.3 Å². The zero-order valence-electron chi connectivity index (χ0n) is 8.33. The Balaban J connectivity index is 3.05. The second kappa shape index (κ2) is 5.44. The summed E-state index contributed by atoms with van der Waals surface area (Å²) in [4.78, 5) is 0. The van der Waals surface area contributed by atoms with Gasteiger partial charge in [0.15, 0.2) is 5.84 Å². The Labute approximate surface area is 110 Å². The van der Waals surface area contributed by atoms with Crippen LogP contribution in [0.2, 0.25) is 0 Å². The molecular formula is C9H7FIN5O. The number of hydrogen-bond acceptors (Lipinski definition) is 5. The van der Waals surface area contributed by atoms with Crippen molar-refractivity contribution in [2.75, 3.05) is 5.43 Å². The van der Waals surface area contributed by atoms with Gasteiger partial charge in [-0.25, -0.2) is 4.39 Å². The Morgan fingerprint density at radius 3 is 2.76 bits per heavy atom. The van der Waals surface area contributed by atoms with E-state index in [-0.39, 0.29) is 17.1 Å². The van der Waals surface area contributed by atoms with E-state index in [4.69, 9.17) is 16.4 Å². The van der Waals surface area contributed by atoms with Crippen molar-refractivity contribution in [2.24, 2.45) is 10.8 Å². The van der Waals surface area contributed by atoms with E-state index in [2.05, 4.69) is 10.5 Å². The fourth-order valence-corrected chi connectivity index (χ4v) is 1.62. The second-order valence-electron chi connectivity index (χ2n) is 2.88. The molecule has 0 fully saturated rings. The number of anilines is 1. The summed E-state index contributed by atoms with van der Waals surface area (Å²) in [5.41, 5.74) is 7.25. The van der Waals surface area contributed by atoms with Crippen LogP contribution in [0.3, 0.4) is 0 Å². The molecule has 17 heavy (non-hydrogen) atoms. The molecule has 0 saturated heterocycles. The molecule has 1 aromatic rings. The molecule has 0 aliphatic carbocycles. The lowest BCUT2D eigenvalue weighted by Crippen LogP contribution is -2.22. The summed E-state index contributed by atoms with van der Waals surface area (Å²) < 4.78 is 13.2. The quantitative estimate of drug-likeness (QED) is 0.217. The van der Waals surface area contributed by atoms with Crippen LogP contribution in [0.5, 0.6) is 5.75 Å². The van der Waals surface area contributed by atoms with Crippen LogP contribution < -0.4 is 11.2 Å². The Morgan fingerprint density at radius 2 is 2.29 bits per heavy atom. The van der Waals surface area contributed by atoms with Gasteiger partial charge in [0.05, 0.1) is 0 Å². The number of phenols is 1. The highest BCUT2D eigenvalue weighted by molar-refractivity contribution is 14.1. The first kappa shape index (κ1) is 13.2. The third-order valence-electron chi connectivity index (χ3n) is 1.67. The topological polar surface area (TPSA) is 118 Å². The number of amidine groups is 1. The molecular weight excluding hydrogens is 340 g/mol. The van der Waals surface area contributed by atoms with E-state index < -0.39 is 11.7 Å². The molecule has 0 aliphatic rings. The molecule has 0 saturated carbocycles. The third-order valence-corrected chi connectivity index (χ3v) is 2.53. The summed E-state index contributed by atoms with van der Waals surface area (Å²) in [6.07, 6.45) is 0. The van der Waals surface area contributed by atoms with Crippen LogP contribution >= 0.6 is 22.6 Å². The molecule has 8 heteroatoms. The van der Waals surface area contributed by atoms with Gasteiger partial charge in [-0.1, -0.05) is 0 Å². The number of rotatable bonds is 3. The Hall–Kier alpha value is -1.89. The van der Waals surface area contributed by atoms with E-state index in [0.717, 1.165) is 6.07 Å². The summed E-state index contributed by atoms with van der Waals surface area (Å²) in [5, 5.41) is 28.6. The number of nitrogens with zero attached hydrogens (tertiary/aromatic N) is 2. The molecule has 0 aliphatic heterocycles. The molecule has 1 rings (SSSR count). The van der Waals surface area contributed by atoms with Gasteiger partial charge in [0.25, 0.3) is 0 Å². The van der Waals surface area contributed by atoms with Crippen molar-refractivity contribution in [3.05, 3.63) is 21.5 Å². The summed E-state index contributed by atoms with van der Waals surface area (Å²) in [6.45, 7) is 0. The number of phenolic OH excluding ortho intramolecular Hbond substituents is 1. The van der Waals surface area contributed by atoms with Crippen molar-refractivity contribution < 1.29 is 9.50 Å². The van der Waals surface area contributed by atoms with E-state index in [0.29, 0.717) is 3.57 Å². The first-order valence-electron chi connectivity index (χ1n) is 4.22. The number of nitriles is 1.